The van der Waals surface area contributed by atoms with Crippen LogP contribution >= 0.6 is 0 Å². The van der Waals surface area contributed by atoms with Gasteiger partial charge in [0.15, 0.2) is 0 Å². The molecule has 0 bridgehead atoms. The third-order valence-electron chi connectivity index (χ3n) is 6.73. The van der Waals surface area contributed by atoms with Gasteiger partial charge in [0, 0.05) is 25.6 Å². The van der Waals surface area contributed by atoms with Crippen LogP contribution in [0.3, 0.4) is 0 Å². The summed E-state index contributed by atoms with van der Waals surface area (Å²) in [5, 5.41) is 16.2. The lowest BCUT2D eigenvalue weighted by atomic mass is 9.91. The highest BCUT2D eigenvalue weighted by molar-refractivity contribution is 7.89. The first-order chi connectivity index (χ1) is 19.3. The lowest BCUT2D eigenvalue weighted by Crippen LogP contribution is -2.60. The Labute approximate surface area is 245 Å². The van der Waals surface area contributed by atoms with Crippen LogP contribution in [-0.4, -0.2) is 72.5 Å². The molecule has 2 amide bonds. The molecule has 2 atom stereocenters. The standard InChI is InChI=1S/C31H46N4O5S/c1-23(2)21-34(41(39,40)26-14-10-7-11-15-26)22-28(36)27(18-24-12-8-6-9-13-24)35(30(38)19-31(3,4)5)33-29(37)20-32-25-16-17-25/h6-15,23,25,27-28,32,36H,16-22H2,1-5H3,(H,33,37)/t27?,28-/m1/s1. The number of benzene rings is 2. The summed E-state index contributed by atoms with van der Waals surface area (Å²) < 4.78 is 28.6. The van der Waals surface area contributed by atoms with E-state index in [0.717, 1.165) is 18.4 Å². The SMILES string of the molecule is CC(C)CN(C[C@@H](O)C(Cc1ccccc1)N(NC(=O)CNC1CC1)C(=O)CC(C)(C)C)S(=O)(=O)c1ccccc1. The first kappa shape index (κ1) is 32.7. The molecule has 0 aliphatic heterocycles. The summed E-state index contributed by atoms with van der Waals surface area (Å²) in [7, 11) is -3.93. The van der Waals surface area contributed by atoms with Gasteiger partial charge in [0.05, 0.1) is 23.6 Å². The summed E-state index contributed by atoms with van der Waals surface area (Å²) in [6.07, 6.45) is 1.07. The van der Waals surface area contributed by atoms with Gasteiger partial charge in [0.2, 0.25) is 15.9 Å². The average Bonchev–Trinajstić information content (AvgIpc) is 3.73. The molecular formula is C31H46N4O5S. The molecule has 1 aliphatic rings. The second kappa shape index (κ2) is 14.4. The molecule has 3 N–H and O–H groups in total. The molecule has 10 heteroatoms. The number of nitrogens with zero attached hydrogens (tertiary/aromatic N) is 2. The molecule has 0 aromatic heterocycles. The summed E-state index contributed by atoms with van der Waals surface area (Å²) >= 11 is 0. The van der Waals surface area contributed by atoms with Crippen LogP contribution in [0.2, 0.25) is 0 Å². The molecule has 9 nitrogen and oxygen atoms in total. The number of sulfonamides is 1. The van der Waals surface area contributed by atoms with Gasteiger partial charge in [0.1, 0.15) is 0 Å². The topological polar surface area (TPSA) is 119 Å². The van der Waals surface area contributed by atoms with Gasteiger partial charge in [-0.05, 0) is 48.3 Å². The number of hydrogen-bond donors (Lipinski definition) is 3. The van der Waals surface area contributed by atoms with Crippen LogP contribution in [0.4, 0.5) is 0 Å². The smallest absolute Gasteiger partial charge is 0.252 e. The zero-order chi connectivity index (χ0) is 30.2. The molecule has 0 saturated heterocycles. The predicted octanol–water partition coefficient (Wildman–Crippen LogP) is 3.35. The van der Waals surface area contributed by atoms with E-state index >= 15 is 0 Å². The van der Waals surface area contributed by atoms with E-state index in [0.29, 0.717) is 6.04 Å². The van der Waals surface area contributed by atoms with Crippen molar-refractivity contribution in [2.24, 2.45) is 11.3 Å². The van der Waals surface area contributed by atoms with E-state index < -0.39 is 22.2 Å². The first-order valence-corrected chi connectivity index (χ1v) is 15.8. The summed E-state index contributed by atoms with van der Waals surface area (Å²) in [5.41, 5.74) is 3.23. The highest BCUT2D eigenvalue weighted by Gasteiger charge is 2.37. The Kier molecular flexibility index (Phi) is 11.5. The molecule has 226 valence electrons. The van der Waals surface area contributed by atoms with Crippen LogP contribution in [0.15, 0.2) is 65.6 Å². The summed E-state index contributed by atoms with van der Waals surface area (Å²) in [4.78, 5) is 26.8. The van der Waals surface area contributed by atoms with Gasteiger partial charge in [-0.3, -0.25) is 15.0 Å². The van der Waals surface area contributed by atoms with Crippen molar-refractivity contribution in [3.05, 3.63) is 66.2 Å². The van der Waals surface area contributed by atoms with Crippen LogP contribution in [0.25, 0.3) is 0 Å². The van der Waals surface area contributed by atoms with E-state index in [-0.39, 0.29) is 60.5 Å². The van der Waals surface area contributed by atoms with Crippen molar-refractivity contribution in [2.75, 3.05) is 19.6 Å². The van der Waals surface area contributed by atoms with E-state index in [1.165, 1.54) is 21.4 Å². The van der Waals surface area contributed by atoms with Crippen molar-refractivity contribution in [1.29, 1.82) is 0 Å². The van der Waals surface area contributed by atoms with Crippen molar-refractivity contribution >= 4 is 21.8 Å². The van der Waals surface area contributed by atoms with Crippen LogP contribution in [0.5, 0.6) is 0 Å². The molecule has 1 fully saturated rings. The Morgan fingerprint density at radius 2 is 1.56 bits per heavy atom. The maximum atomic E-state index is 13.7. The van der Waals surface area contributed by atoms with Crippen molar-refractivity contribution in [2.45, 2.75) is 83.4 Å². The molecule has 1 saturated carbocycles. The molecule has 41 heavy (non-hydrogen) atoms. The third-order valence-corrected chi connectivity index (χ3v) is 8.57. The Morgan fingerprint density at radius 1 is 0.976 bits per heavy atom. The Balaban J connectivity index is 1.97. The molecule has 1 aliphatic carbocycles. The normalized spacial score (nSPS) is 15.5. The maximum Gasteiger partial charge on any atom is 0.252 e. The van der Waals surface area contributed by atoms with Crippen molar-refractivity contribution in [1.82, 2.24) is 20.1 Å². The molecule has 0 heterocycles. The summed E-state index contributed by atoms with van der Waals surface area (Å²) in [6, 6.07) is 16.9. The minimum atomic E-state index is -3.93. The minimum absolute atomic E-state index is 0.0138. The Morgan fingerprint density at radius 3 is 2.10 bits per heavy atom. The summed E-state index contributed by atoms with van der Waals surface area (Å²) in [6.45, 7) is 9.58. The van der Waals surface area contributed by atoms with Crippen LogP contribution in [0.1, 0.15) is 59.4 Å². The number of carbonyl (C=O) groups excluding carboxylic acids is 2. The fourth-order valence-electron chi connectivity index (χ4n) is 4.57. The van der Waals surface area contributed by atoms with E-state index in [1.807, 2.05) is 65.0 Å². The van der Waals surface area contributed by atoms with Gasteiger partial charge >= 0.3 is 0 Å². The highest BCUT2D eigenvalue weighted by Crippen LogP contribution is 2.24. The van der Waals surface area contributed by atoms with Gasteiger partial charge in [-0.15, -0.1) is 0 Å². The van der Waals surface area contributed by atoms with E-state index in [9.17, 15) is 23.1 Å². The van der Waals surface area contributed by atoms with Crippen LogP contribution < -0.4 is 10.7 Å². The average molecular weight is 587 g/mol. The van der Waals surface area contributed by atoms with Crippen molar-refractivity contribution in [3.63, 3.8) is 0 Å². The first-order valence-electron chi connectivity index (χ1n) is 14.4. The second-order valence-electron chi connectivity index (χ2n) is 12.5. The van der Waals surface area contributed by atoms with Gasteiger partial charge in [0.25, 0.3) is 5.91 Å². The van der Waals surface area contributed by atoms with Gasteiger partial charge in [-0.25, -0.2) is 13.4 Å². The number of hydrogen-bond acceptors (Lipinski definition) is 6. The number of aliphatic hydroxyl groups is 1. The zero-order valence-electron chi connectivity index (χ0n) is 24.9. The Hall–Kier alpha value is -2.79. The largest absolute Gasteiger partial charge is 0.390 e. The zero-order valence-corrected chi connectivity index (χ0v) is 25.7. The van der Waals surface area contributed by atoms with E-state index in [4.69, 9.17) is 0 Å². The van der Waals surface area contributed by atoms with Gasteiger partial charge in [-0.1, -0.05) is 83.1 Å². The number of rotatable bonds is 14. The third kappa shape index (κ3) is 10.5. The highest BCUT2D eigenvalue weighted by atomic mass is 32.2. The van der Waals surface area contributed by atoms with Gasteiger partial charge < -0.3 is 10.4 Å². The number of hydrazine groups is 1. The number of aliphatic hydroxyl groups excluding tert-OH is 1. The maximum absolute atomic E-state index is 13.7. The lowest BCUT2D eigenvalue weighted by molar-refractivity contribution is -0.149. The fourth-order valence-corrected chi connectivity index (χ4v) is 6.21. The molecule has 2 aromatic carbocycles. The van der Waals surface area contributed by atoms with Crippen molar-refractivity contribution in [3.8, 4) is 0 Å². The van der Waals surface area contributed by atoms with E-state index in [1.54, 1.807) is 18.2 Å². The number of carbonyl (C=O) groups is 2. The second-order valence-corrected chi connectivity index (χ2v) is 14.5. The number of nitrogens with one attached hydrogen (secondary N) is 2. The molecule has 0 radical (unpaired) electrons. The van der Waals surface area contributed by atoms with Crippen LogP contribution in [0, 0.1) is 11.3 Å². The molecule has 0 spiro atoms. The predicted molar refractivity (Wildman–Crippen MR) is 160 cm³/mol. The van der Waals surface area contributed by atoms with Crippen molar-refractivity contribution < 1.29 is 23.1 Å². The van der Waals surface area contributed by atoms with Crippen LogP contribution in [-0.2, 0) is 26.0 Å². The minimum Gasteiger partial charge on any atom is -0.390 e. The van der Waals surface area contributed by atoms with Gasteiger partial charge in [-0.2, -0.15) is 4.31 Å². The molecular weight excluding hydrogens is 540 g/mol. The Bertz CT molecular complexity index is 1230. The monoisotopic (exact) mass is 586 g/mol. The number of amides is 2. The lowest BCUT2D eigenvalue weighted by Gasteiger charge is -2.38. The van der Waals surface area contributed by atoms with E-state index in [2.05, 4.69) is 10.7 Å². The molecule has 3 rings (SSSR count). The summed E-state index contributed by atoms with van der Waals surface area (Å²) in [5.74, 6) is -0.751. The quantitative estimate of drug-likeness (QED) is 0.292. The molecule has 2 aromatic rings. The fraction of sp³-hybridized carbons (Fsp3) is 0.548. The molecule has 1 unspecified atom stereocenters.